The number of carbonyl (C=O) groups is 1. The van der Waals surface area contributed by atoms with E-state index >= 15 is 0 Å². The smallest absolute Gasteiger partial charge is 0.243 e. The van der Waals surface area contributed by atoms with Crippen molar-refractivity contribution in [3.05, 3.63) is 34.6 Å². The number of halogens is 2. The van der Waals surface area contributed by atoms with Gasteiger partial charge in [0.15, 0.2) is 4.32 Å². The quantitative estimate of drug-likeness (QED) is 0.646. The van der Waals surface area contributed by atoms with Gasteiger partial charge in [0.1, 0.15) is 5.82 Å². The highest BCUT2D eigenvalue weighted by molar-refractivity contribution is 8.22. The SMILES string of the molecule is CN(NC(=O)C(C)(C)C)C(=S)SCc1c(F)cccc1Cl. The summed E-state index contributed by atoms with van der Waals surface area (Å²) in [7, 11) is 1.65. The first-order chi connectivity index (χ1) is 9.62. The normalized spacial score (nSPS) is 11.1. The lowest BCUT2D eigenvalue weighted by Gasteiger charge is -2.25. The average Bonchev–Trinajstić information content (AvgIpc) is 2.36. The zero-order valence-corrected chi connectivity index (χ0v) is 14.8. The van der Waals surface area contributed by atoms with Crippen LogP contribution in [0.5, 0.6) is 0 Å². The monoisotopic (exact) mass is 348 g/mol. The lowest BCUT2D eigenvalue weighted by atomic mass is 9.96. The molecule has 0 spiro atoms. The summed E-state index contributed by atoms with van der Waals surface area (Å²) in [6.45, 7) is 5.43. The molecule has 7 heteroatoms. The Morgan fingerprint density at radius 3 is 2.62 bits per heavy atom. The van der Waals surface area contributed by atoms with Crippen LogP contribution in [0.3, 0.4) is 0 Å². The van der Waals surface area contributed by atoms with Crippen LogP contribution in [-0.4, -0.2) is 22.3 Å². The lowest BCUT2D eigenvalue weighted by Crippen LogP contribution is -2.46. The van der Waals surface area contributed by atoms with Gasteiger partial charge in [-0.15, -0.1) is 0 Å². The number of thioether (sulfide) groups is 1. The van der Waals surface area contributed by atoms with Crippen molar-refractivity contribution in [2.45, 2.75) is 26.5 Å². The summed E-state index contributed by atoms with van der Waals surface area (Å²) in [6.07, 6.45) is 0. The van der Waals surface area contributed by atoms with Crippen LogP contribution in [0.15, 0.2) is 18.2 Å². The fourth-order valence-electron chi connectivity index (χ4n) is 1.27. The number of thiocarbonyl (C=S) groups is 1. The second-order valence-corrected chi connectivity index (χ2v) is 7.52. The van der Waals surface area contributed by atoms with Gasteiger partial charge in [-0.3, -0.25) is 15.2 Å². The van der Waals surface area contributed by atoms with Gasteiger partial charge >= 0.3 is 0 Å². The second kappa shape index (κ2) is 7.42. The van der Waals surface area contributed by atoms with E-state index in [0.717, 1.165) is 0 Å². The fraction of sp³-hybridized carbons (Fsp3) is 0.429. The minimum absolute atomic E-state index is 0.142. The Hall–Kier alpha value is -0.850. The van der Waals surface area contributed by atoms with E-state index in [1.54, 1.807) is 19.2 Å². The number of hydrogen-bond donors (Lipinski definition) is 1. The van der Waals surface area contributed by atoms with Crippen LogP contribution in [0.4, 0.5) is 4.39 Å². The first-order valence-electron chi connectivity index (χ1n) is 6.27. The molecule has 1 aromatic carbocycles. The molecule has 0 aliphatic rings. The van der Waals surface area contributed by atoms with Crippen molar-refractivity contribution in [2.75, 3.05) is 7.05 Å². The summed E-state index contributed by atoms with van der Waals surface area (Å²) >= 11 is 12.4. The molecule has 0 heterocycles. The predicted octanol–water partition coefficient (Wildman–Crippen LogP) is 4.01. The van der Waals surface area contributed by atoms with Gasteiger partial charge in [0, 0.05) is 28.8 Å². The predicted molar refractivity (Wildman–Crippen MR) is 90.7 cm³/mol. The minimum atomic E-state index is -0.511. The van der Waals surface area contributed by atoms with E-state index in [9.17, 15) is 9.18 Å². The molecule has 3 nitrogen and oxygen atoms in total. The number of hydrazine groups is 1. The molecule has 0 radical (unpaired) electrons. The molecule has 0 saturated carbocycles. The van der Waals surface area contributed by atoms with E-state index in [-0.39, 0.29) is 11.7 Å². The largest absolute Gasteiger partial charge is 0.273 e. The third kappa shape index (κ3) is 5.45. The molecule has 1 rings (SSSR count). The first kappa shape index (κ1) is 18.2. The molecule has 1 amide bonds. The summed E-state index contributed by atoms with van der Waals surface area (Å²) in [6, 6.07) is 4.55. The Morgan fingerprint density at radius 1 is 1.48 bits per heavy atom. The zero-order valence-electron chi connectivity index (χ0n) is 12.4. The molecule has 1 N–H and O–H groups in total. The summed E-state index contributed by atoms with van der Waals surface area (Å²) < 4.78 is 14.1. The molecule has 0 saturated heterocycles. The van der Waals surface area contributed by atoms with Crippen molar-refractivity contribution in [3.63, 3.8) is 0 Å². The molecule has 0 aliphatic carbocycles. The molecular formula is C14H18ClFN2OS2. The molecule has 0 aromatic heterocycles. The van der Waals surface area contributed by atoms with Crippen molar-refractivity contribution < 1.29 is 9.18 Å². The number of benzene rings is 1. The van der Waals surface area contributed by atoms with Gasteiger partial charge in [0.25, 0.3) is 0 Å². The molecule has 0 unspecified atom stereocenters. The third-order valence-electron chi connectivity index (χ3n) is 2.63. The molecule has 21 heavy (non-hydrogen) atoms. The van der Waals surface area contributed by atoms with Crippen LogP contribution < -0.4 is 5.43 Å². The summed E-state index contributed by atoms with van der Waals surface area (Å²) in [5, 5.41) is 1.83. The van der Waals surface area contributed by atoms with Gasteiger partial charge < -0.3 is 0 Å². The van der Waals surface area contributed by atoms with Crippen LogP contribution in [-0.2, 0) is 10.5 Å². The highest BCUT2D eigenvalue weighted by atomic mass is 35.5. The zero-order chi connectivity index (χ0) is 16.2. The number of amides is 1. The van der Waals surface area contributed by atoms with Crippen molar-refractivity contribution in [1.29, 1.82) is 0 Å². The highest BCUT2D eigenvalue weighted by Crippen LogP contribution is 2.25. The van der Waals surface area contributed by atoms with Gasteiger partial charge in [-0.1, -0.05) is 62.4 Å². The van der Waals surface area contributed by atoms with E-state index in [1.165, 1.54) is 22.8 Å². The molecule has 0 aliphatic heterocycles. The van der Waals surface area contributed by atoms with E-state index < -0.39 is 5.41 Å². The fourth-order valence-corrected chi connectivity index (χ4v) is 2.60. The van der Waals surface area contributed by atoms with Crippen molar-refractivity contribution in [3.8, 4) is 0 Å². The topological polar surface area (TPSA) is 32.3 Å². The Bertz CT molecular complexity index is 526. The number of nitrogens with zero attached hydrogens (tertiary/aromatic N) is 1. The second-order valence-electron chi connectivity index (χ2n) is 5.50. The van der Waals surface area contributed by atoms with E-state index in [2.05, 4.69) is 5.43 Å². The van der Waals surface area contributed by atoms with Crippen molar-refractivity contribution in [1.82, 2.24) is 10.4 Å². The van der Waals surface area contributed by atoms with Gasteiger partial charge in [0.2, 0.25) is 5.91 Å². The third-order valence-corrected chi connectivity index (χ3v) is 4.56. The van der Waals surface area contributed by atoms with Crippen molar-refractivity contribution in [2.24, 2.45) is 5.41 Å². The standard InChI is InChI=1S/C14H18ClFN2OS2/c1-14(2,3)12(19)17-18(4)13(20)21-8-9-10(15)6-5-7-11(9)16/h5-7H,8H2,1-4H3,(H,17,19). The van der Waals surface area contributed by atoms with Gasteiger partial charge in [-0.05, 0) is 12.1 Å². The Labute approximate surface area is 139 Å². The maximum atomic E-state index is 13.6. The van der Waals surface area contributed by atoms with Crippen LogP contribution >= 0.6 is 35.6 Å². The maximum absolute atomic E-state index is 13.6. The van der Waals surface area contributed by atoms with E-state index in [4.69, 9.17) is 23.8 Å². The lowest BCUT2D eigenvalue weighted by molar-refractivity contribution is -0.131. The molecule has 0 atom stereocenters. The Kier molecular flexibility index (Phi) is 6.43. The summed E-state index contributed by atoms with van der Waals surface area (Å²) in [4.78, 5) is 11.9. The van der Waals surface area contributed by atoms with Gasteiger partial charge in [-0.25, -0.2) is 4.39 Å². The number of nitrogens with one attached hydrogen (secondary N) is 1. The minimum Gasteiger partial charge on any atom is -0.273 e. The summed E-state index contributed by atoms with van der Waals surface area (Å²) in [5.74, 6) is -0.198. The molecule has 0 bridgehead atoms. The van der Waals surface area contributed by atoms with Crippen LogP contribution in [0.2, 0.25) is 5.02 Å². The van der Waals surface area contributed by atoms with Gasteiger partial charge in [0.05, 0.1) is 0 Å². The van der Waals surface area contributed by atoms with E-state index in [1.807, 2.05) is 20.8 Å². The maximum Gasteiger partial charge on any atom is 0.243 e. The number of hydrogen-bond acceptors (Lipinski definition) is 3. The molecule has 1 aromatic rings. The average molecular weight is 349 g/mol. The van der Waals surface area contributed by atoms with Crippen LogP contribution in [0.25, 0.3) is 0 Å². The highest BCUT2D eigenvalue weighted by Gasteiger charge is 2.23. The number of rotatable bonds is 2. The van der Waals surface area contributed by atoms with Gasteiger partial charge in [-0.2, -0.15) is 0 Å². The molecule has 116 valence electrons. The van der Waals surface area contributed by atoms with E-state index in [0.29, 0.717) is 20.7 Å². The first-order valence-corrected chi connectivity index (χ1v) is 8.04. The van der Waals surface area contributed by atoms with Crippen LogP contribution in [0, 0.1) is 11.2 Å². The van der Waals surface area contributed by atoms with Crippen molar-refractivity contribution >= 4 is 45.8 Å². The number of carbonyl (C=O) groups excluding carboxylic acids is 1. The Morgan fingerprint density at radius 2 is 2.10 bits per heavy atom. The summed E-state index contributed by atoms with van der Waals surface area (Å²) in [5.41, 5.74) is 2.58. The van der Waals surface area contributed by atoms with Crippen LogP contribution in [0.1, 0.15) is 26.3 Å². The Balaban J connectivity index is 2.60. The molecular weight excluding hydrogens is 331 g/mol. The molecule has 0 fully saturated rings.